The Balaban J connectivity index is 2.24. The largest absolute Gasteiger partial charge is 0.478 e. The normalized spacial score (nSPS) is 10.6. The van der Waals surface area contributed by atoms with Gasteiger partial charge in [-0.2, -0.15) is 0 Å². The van der Waals surface area contributed by atoms with E-state index in [9.17, 15) is 14.7 Å². The van der Waals surface area contributed by atoms with Crippen LogP contribution in [0.15, 0.2) is 60.7 Å². The van der Waals surface area contributed by atoms with E-state index in [0.29, 0.717) is 16.0 Å². The Hall–Kier alpha value is -2.65. The van der Waals surface area contributed by atoms with Crippen LogP contribution in [0.3, 0.4) is 0 Å². The fourth-order valence-corrected chi connectivity index (χ4v) is 2.67. The summed E-state index contributed by atoms with van der Waals surface area (Å²) in [6.45, 7) is 0. The second kappa shape index (κ2) is 5.62. The highest BCUT2D eigenvalue weighted by molar-refractivity contribution is 6.31. The van der Waals surface area contributed by atoms with E-state index < -0.39 is 5.97 Å². The predicted octanol–water partition coefficient (Wildman–Crippen LogP) is 4.42. The van der Waals surface area contributed by atoms with Crippen molar-refractivity contribution in [3.05, 3.63) is 82.4 Å². The van der Waals surface area contributed by atoms with Crippen LogP contribution in [0.5, 0.6) is 0 Å². The van der Waals surface area contributed by atoms with Gasteiger partial charge < -0.3 is 5.11 Å². The maximum atomic E-state index is 12.6. The zero-order valence-corrected chi connectivity index (χ0v) is 12.2. The molecule has 3 nitrogen and oxygen atoms in total. The molecule has 0 aromatic heterocycles. The van der Waals surface area contributed by atoms with E-state index in [1.54, 1.807) is 42.5 Å². The molecule has 0 amide bonds. The molecule has 0 radical (unpaired) electrons. The van der Waals surface area contributed by atoms with Crippen LogP contribution in [0.4, 0.5) is 0 Å². The molecule has 4 heteroatoms. The smallest absolute Gasteiger partial charge is 0.337 e. The first-order valence-corrected chi connectivity index (χ1v) is 7.01. The number of fused-ring (bicyclic) bond motifs is 1. The lowest BCUT2D eigenvalue weighted by Gasteiger charge is -2.09. The van der Waals surface area contributed by atoms with Crippen LogP contribution < -0.4 is 0 Å². The third-order valence-corrected chi connectivity index (χ3v) is 3.71. The number of carbonyl (C=O) groups is 2. The van der Waals surface area contributed by atoms with E-state index in [2.05, 4.69) is 0 Å². The van der Waals surface area contributed by atoms with Crippen LogP contribution in [-0.4, -0.2) is 16.9 Å². The Kier molecular flexibility index (Phi) is 3.65. The highest BCUT2D eigenvalue weighted by Gasteiger charge is 2.20. The molecule has 22 heavy (non-hydrogen) atoms. The van der Waals surface area contributed by atoms with Crippen molar-refractivity contribution in [1.29, 1.82) is 0 Å². The van der Waals surface area contributed by atoms with E-state index >= 15 is 0 Å². The van der Waals surface area contributed by atoms with Crippen LogP contribution in [-0.2, 0) is 0 Å². The van der Waals surface area contributed by atoms with Gasteiger partial charge >= 0.3 is 5.97 Å². The molecular weight excluding hydrogens is 300 g/mol. The number of aromatic carboxylic acids is 1. The van der Waals surface area contributed by atoms with E-state index in [0.717, 1.165) is 5.39 Å². The molecule has 0 unspecified atom stereocenters. The van der Waals surface area contributed by atoms with E-state index in [1.165, 1.54) is 6.07 Å². The fourth-order valence-electron chi connectivity index (χ4n) is 2.48. The van der Waals surface area contributed by atoms with Gasteiger partial charge in [0.25, 0.3) is 0 Å². The lowest BCUT2D eigenvalue weighted by molar-refractivity contribution is 0.0695. The van der Waals surface area contributed by atoms with Crippen molar-refractivity contribution < 1.29 is 14.7 Å². The second-order valence-electron chi connectivity index (χ2n) is 4.85. The van der Waals surface area contributed by atoms with Crippen LogP contribution in [0, 0.1) is 0 Å². The number of hydrogen-bond donors (Lipinski definition) is 1. The van der Waals surface area contributed by atoms with Gasteiger partial charge in [-0.3, -0.25) is 4.79 Å². The quantitative estimate of drug-likeness (QED) is 0.728. The molecular formula is C18H11ClO3. The second-order valence-corrected chi connectivity index (χ2v) is 5.29. The van der Waals surface area contributed by atoms with Crippen molar-refractivity contribution in [2.24, 2.45) is 0 Å². The Morgan fingerprint density at radius 3 is 2.41 bits per heavy atom. The molecule has 3 aromatic carbocycles. The molecule has 0 atom stereocenters. The van der Waals surface area contributed by atoms with Gasteiger partial charge in [0.1, 0.15) is 0 Å². The van der Waals surface area contributed by atoms with Gasteiger partial charge in [0.15, 0.2) is 5.78 Å². The summed E-state index contributed by atoms with van der Waals surface area (Å²) in [5.74, 6) is -1.48. The molecule has 0 bridgehead atoms. The van der Waals surface area contributed by atoms with Crippen LogP contribution in [0.2, 0.25) is 5.02 Å². The molecule has 0 saturated carbocycles. The van der Waals surface area contributed by atoms with E-state index in [-0.39, 0.29) is 16.9 Å². The Bertz CT molecular complexity index is 900. The van der Waals surface area contributed by atoms with Gasteiger partial charge in [-0.15, -0.1) is 0 Å². The van der Waals surface area contributed by atoms with Crippen LogP contribution in [0.25, 0.3) is 10.8 Å². The number of carboxylic acids is 1. The van der Waals surface area contributed by atoms with Gasteiger partial charge in [-0.25, -0.2) is 4.79 Å². The third-order valence-electron chi connectivity index (χ3n) is 3.47. The first-order chi connectivity index (χ1) is 10.6. The minimum absolute atomic E-state index is 0.0167. The van der Waals surface area contributed by atoms with Crippen molar-refractivity contribution in [3.8, 4) is 0 Å². The van der Waals surface area contributed by atoms with Crippen molar-refractivity contribution in [3.63, 3.8) is 0 Å². The summed E-state index contributed by atoms with van der Waals surface area (Å²) in [5.41, 5.74) is 0.543. The summed E-state index contributed by atoms with van der Waals surface area (Å²) in [4.78, 5) is 24.3. The average molecular weight is 311 g/mol. The van der Waals surface area contributed by atoms with Gasteiger partial charge in [-0.1, -0.05) is 54.1 Å². The molecule has 0 heterocycles. The molecule has 0 aliphatic rings. The van der Waals surface area contributed by atoms with Crippen LogP contribution in [0.1, 0.15) is 26.3 Å². The molecule has 3 aromatic rings. The Morgan fingerprint density at radius 2 is 1.68 bits per heavy atom. The van der Waals surface area contributed by atoms with Crippen LogP contribution >= 0.6 is 11.6 Å². The summed E-state index contributed by atoms with van der Waals surface area (Å²) in [6, 6.07) is 16.9. The highest BCUT2D eigenvalue weighted by Crippen LogP contribution is 2.25. The number of carbonyl (C=O) groups excluding carboxylic acids is 1. The summed E-state index contributed by atoms with van der Waals surface area (Å²) in [5, 5.41) is 11.3. The third kappa shape index (κ3) is 2.47. The Morgan fingerprint density at radius 1 is 0.909 bits per heavy atom. The highest BCUT2D eigenvalue weighted by atomic mass is 35.5. The van der Waals surface area contributed by atoms with Crippen molar-refractivity contribution >= 4 is 34.1 Å². The maximum Gasteiger partial charge on any atom is 0.337 e. The molecule has 0 aliphatic carbocycles. The monoisotopic (exact) mass is 310 g/mol. The molecule has 108 valence electrons. The molecule has 3 rings (SSSR count). The molecule has 0 saturated heterocycles. The number of ketones is 1. The summed E-state index contributed by atoms with van der Waals surface area (Å²) < 4.78 is 0. The van der Waals surface area contributed by atoms with Gasteiger partial charge in [0.2, 0.25) is 0 Å². The molecule has 0 fully saturated rings. The number of halogens is 1. The fraction of sp³-hybridized carbons (Fsp3) is 0. The predicted molar refractivity (Wildman–Crippen MR) is 85.8 cm³/mol. The first kappa shape index (κ1) is 14.3. The van der Waals surface area contributed by atoms with E-state index in [4.69, 9.17) is 11.6 Å². The number of carboxylic acid groups (broad SMARTS) is 1. The van der Waals surface area contributed by atoms with Gasteiger partial charge in [0, 0.05) is 16.1 Å². The zero-order valence-electron chi connectivity index (χ0n) is 11.4. The van der Waals surface area contributed by atoms with Crippen molar-refractivity contribution in [1.82, 2.24) is 0 Å². The molecule has 0 aliphatic heterocycles. The maximum absolute atomic E-state index is 12.6. The SMILES string of the molecule is O=C(c1cccc(Cl)c1)c1ccc2ccccc2c1C(=O)O. The lowest BCUT2D eigenvalue weighted by atomic mass is 9.93. The standard InChI is InChI=1S/C18H11ClO3/c19-13-6-3-5-12(10-13)17(20)15-9-8-11-4-1-2-7-14(11)16(15)18(21)22/h1-10H,(H,21,22). The van der Waals surface area contributed by atoms with E-state index in [1.807, 2.05) is 12.1 Å². The average Bonchev–Trinajstić information content (AvgIpc) is 2.52. The van der Waals surface area contributed by atoms with Crippen molar-refractivity contribution in [2.75, 3.05) is 0 Å². The minimum Gasteiger partial charge on any atom is -0.478 e. The topological polar surface area (TPSA) is 54.4 Å². The number of rotatable bonds is 3. The van der Waals surface area contributed by atoms with Gasteiger partial charge in [-0.05, 0) is 29.0 Å². The Labute approximate surface area is 131 Å². The lowest BCUT2D eigenvalue weighted by Crippen LogP contribution is -2.10. The number of benzene rings is 3. The molecule has 1 N–H and O–H groups in total. The van der Waals surface area contributed by atoms with Crippen molar-refractivity contribution in [2.45, 2.75) is 0 Å². The summed E-state index contributed by atoms with van der Waals surface area (Å²) >= 11 is 5.91. The first-order valence-electron chi connectivity index (χ1n) is 6.63. The summed E-state index contributed by atoms with van der Waals surface area (Å²) in [7, 11) is 0. The number of hydrogen-bond acceptors (Lipinski definition) is 2. The summed E-state index contributed by atoms with van der Waals surface area (Å²) in [6.07, 6.45) is 0. The zero-order chi connectivity index (χ0) is 15.7. The van der Waals surface area contributed by atoms with Gasteiger partial charge in [0.05, 0.1) is 5.56 Å². The minimum atomic E-state index is -1.12. The molecule has 0 spiro atoms.